The molecule has 1 aromatic rings. The molecule has 1 aromatic carbocycles. The Morgan fingerprint density at radius 1 is 1.40 bits per heavy atom. The van der Waals surface area contributed by atoms with Gasteiger partial charge in [-0.1, -0.05) is 31.5 Å². The van der Waals surface area contributed by atoms with E-state index in [-0.39, 0.29) is 17.1 Å². The Morgan fingerprint density at radius 3 is 2.75 bits per heavy atom. The average Bonchev–Trinajstić information content (AvgIpc) is 2.90. The number of fused-ring (bicyclic) bond motifs is 2. The van der Waals surface area contributed by atoms with Crippen LogP contribution in [0.5, 0.6) is 0 Å². The largest absolute Gasteiger partial charge is 0.325 e. The Kier molecular flexibility index (Phi) is 2.94. The van der Waals surface area contributed by atoms with Crippen molar-refractivity contribution in [2.45, 2.75) is 33.1 Å². The number of nitrogens with one attached hydrogen (secondary N) is 1. The molecule has 0 radical (unpaired) electrons. The van der Waals surface area contributed by atoms with Crippen molar-refractivity contribution >= 4 is 29.0 Å². The van der Waals surface area contributed by atoms with Gasteiger partial charge in [0.1, 0.15) is 5.41 Å². The molecule has 1 N–H and O–H groups in total. The van der Waals surface area contributed by atoms with Crippen molar-refractivity contribution in [2.24, 2.45) is 16.7 Å². The molecule has 0 heterocycles. The van der Waals surface area contributed by atoms with Gasteiger partial charge in [0.2, 0.25) is 5.91 Å². The van der Waals surface area contributed by atoms with Crippen molar-refractivity contribution in [3.63, 3.8) is 0 Å². The normalized spacial score (nSPS) is 30.6. The zero-order valence-electron chi connectivity index (χ0n) is 11.7. The van der Waals surface area contributed by atoms with Crippen LogP contribution in [0.1, 0.15) is 33.1 Å². The fourth-order valence-corrected chi connectivity index (χ4v) is 3.99. The second-order valence-corrected chi connectivity index (χ2v) is 6.97. The number of benzene rings is 1. The number of Topliss-reactive ketones (excluding diaryl/α,β-unsaturated/α-hetero) is 1. The first kappa shape index (κ1) is 13.6. The smallest absolute Gasteiger partial charge is 0.238 e. The number of rotatable bonds is 2. The van der Waals surface area contributed by atoms with Crippen molar-refractivity contribution in [2.75, 3.05) is 5.32 Å². The van der Waals surface area contributed by atoms with Crippen molar-refractivity contribution in [1.29, 1.82) is 0 Å². The molecule has 2 aliphatic carbocycles. The number of halogens is 1. The third kappa shape index (κ3) is 1.80. The summed E-state index contributed by atoms with van der Waals surface area (Å²) in [5, 5.41) is 3.44. The molecule has 2 atom stereocenters. The highest BCUT2D eigenvalue weighted by Gasteiger charge is 2.64. The summed E-state index contributed by atoms with van der Waals surface area (Å²) >= 11 is 5.92. The minimum Gasteiger partial charge on any atom is -0.325 e. The maximum Gasteiger partial charge on any atom is 0.238 e. The van der Waals surface area contributed by atoms with Gasteiger partial charge in [-0.25, -0.2) is 0 Å². The molecule has 0 aliphatic heterocycles. The average molecular weight is 292 g/mol. The molecule has 0 unspecified atom stereocenters. The van der Waals surface area contributed by atoms with Gasteiger partial charge in [-0.2, -0.15) is 0 Å². The molecule has 2 saturated carbocycles. The molecular formula is C16H18ClNO2. The molecule has 2 bridgehead atoms. The van der Waals surface area contributed by atoms with Crippen LogP contribution in [0.2, 0.25) is 5.02 Å². The molecule has 2 fully saturated rings. The Morgan fingerprint density at radius 2 is 2.15 bits per heavy atom. The molecular weight excluding hydrogens is 274 g/mol. The summed E-state index contributed by atoms with van der Waals surface area (Å²) in [6.45, 7) is 3.93. The van der Waals surface area contributed by atoms with Crippen LogP contribution < -0.4 is 5.32 Å². The fraction of sp³-hybridized carbons (Fsp3) is 0.500. The minimum absolute atomic E-state index is 0.0979. The number of carbonyl (C=O) groups is 2. The topological polar surface area (TPSA) is 46.2 Å². The molecule has 0 spiro atoms. The molecule has 106 valence electrons. The third-order valence-corrected chi connectivity index (χ3v) is 5.31. The van der Waals surface area contributed by atoms with Gasteiger partial charge in [0.05, 0.1) is 0 Å². The van der Waals surface area contributed by atoms with E-state index in [4.69, 9.17) is 11.6 Å². The lowest BCUT2D eigenvalue weighted by Gasteiger charge is -2.32. The Labute approximate surface area is 123 Å². The number of ketones is 1. The van der Waals surface area contributed by atoms with E-state index >= 15 is 0 Å². The number of hydrogen-bond donors (Lipinski definition) is 1. The van der Waals surface area contributed by atoms with Crippen LogP contribution >= 0.6 is 11.6 Å². The van der Waals surface area contributed by atoms with Gasteiger partial charge in [0.25, 0.3) is 0 Å². The van der Waals surface area contributed by atoms with Gasteiger partial charge in [0.15, 0.2) is 5.78 Å². The van der Waals surface area contributed by atoms with Crippen molar-refractivity contribution < 1.29 is 9.59 Å². The molecule has 3 nitrogen and oxygen atoms in total. The predicted octanol–water partition coefficient (Wildman–Crippen LogP) is 3.67. The van der Waals surface area contributed by atoms with Crippen LogP contribution in [0.4, 0.5) is 5.69 Å². The van der Waals surface area contributed by atoms with Crippen LogP contribution in [-0.4, -0.2) is 11.7 Å². The minimum atomic E-state index is -0.823. The van der Waals surface area contributed by atoms with Gasteiger partial charge in [0, 0.05) is 16.1 Å². The maximum absolute atomic E-state index is 12.6. The highest BCUT2D eigenvalue weighted by molar-refractivity contribution is 6.31. The Bertz CT molecular complexity index is 596. The number of anilines is 1. The zero-order chi connectivity index (χ0) is 14.5. The van der Waals surface area contributed by atoms with Crippen LogP contribution in [0.25, 0.3) is 0 Å². The molecule has 20 heavy (non-hydrogen) atoms. The second kappa shape index (κ2) is 4.32. The van der Waals surface area contributed by atoms with Crippen LogP contribution in [0, 0.1) is 16.7 Å². The highest BCUT2D eigenvalue weighted by Crippen LogP contribution is 2.60. The van der Waals surface area contributed by atoms with Crippen molar-refractivity contribution in [1.82, 2.24) is 0 Å². The van der Waals surface area contributed by atoms with E-state index < -0.39 is 5.41 Å². The van der Waals surface area contributed by atoms with Gasteiger partial charge in [-0.05, 0) is 43.4 Å². The Hall–Kier alpha value is -1.35. The van der Waals surface area contributed by atoms with Crippen molar-refractivity contribution in [3.8, 4) is 0 Å². The summed E-state index contributed by atoms with van der Waals surface area (Å²) in [4.78, 5) is 25.3. The maximum atomic E-state index is 12.6. The first-order valence-corrected chi connectivity index (χ1v) is 7.36. The zero-order valence-corrected chi connectivity index (χ0v) is 12.5. The van der Waals surface area contributed by atoms with E-state index in [1.54, 1.807) is 24.3 Å². The summed E-state index contributed by atoms with van der Waals surface area (Å²) in [5.74, 6) is 0.263. The van der Waals surface area contributed by atoms with Gasteiger partial charge in [-0.3, -0.25) is 9.59 Å². The number of amides is 1. The summed E-state index contributed by atoms with van der Waals surface area (Å²) in [6, 6.07) is 7.03. The molecule has 0 aromatic heterocycles. The summed E-state index contributed by atoms with van der Waals surface area (Å²) in [6.07, 6.45) is 2.32. The van der Waals surface area contributed by atoms with Gasteiger partial charge >= 0.3 is 0 Å². The van der Waals surface area contributed by atoms with E-state index in [9.17, 15) is 9.59 Å². The van der Waals surface area contributed by atoms with E-state index in [2.05, 4.69) is 5.32 Å². The monoisotopic (exact) mass is 291 g/mol. The van der Waals surface area contributed by atoms with Crippen molar-refractivity contribution in [3.05, 3.63) is 29.3 Å². The van der Waals surface area contributed by atoms with E-state index in [0.29, 0.717) is 29.5 Å². The first-order chi connectivity index (χ1) is 9.36. The van der Waals surface area contributed by atoms with Gasteiger partial charge in [-0.15, -0.1) is 0 Å². The summed E-state index contributed by atoms with van der Waals surface area (Å²) in [7, 11) is 0. The van der Waals surface area contributed by atoms with E-state index in [1.165, 1.54) is 0 Å². The lowest BCUT2D eigenvalue weighted by molar-refractivity contribution is -0.142. The van der Waals surface area contributed by atoms with E-state index in [1.807, 2.05) is 13.8 Å². The second-order valence-electron chi connectivity index (χ2n) is 6.54. The number of hydrogen-bond acceptors (Lipinski definition) is 2. The lowest BCUT2D eigenvalue weighted by atomic mass is 9.70. The quantitative estimate of drug-likeness (QED) is 0.845. The lowest BCUT2D eigenvalue weighted by Crippen LogP contribution is -2.44. The molecule has 3 rings (SSSR count). The molecule has 0 saturated heterocycles. The Balaban J connectivity index is 1.86. The summed E-state index contributed by atoms with van der Waals surface area (Å²) < 4.78 is 0. The standard InChI is InChI=1S/C16H18ClNO2/c1-15(2)10-6-7-16(9-10,13(15)19)14(20)18-12-5-3-4-11(17)8-12/h3-5,8,10H,6-7,9H2,1-2H3,(H,18,20)/t10-,16-/m1/s1. The number of carbonyl (C=O) groups excluding carboxylic acids is 2. The molecule has 1 amide bonds. The highest BCUT2D eigenvalue weighted by atomic mass is 35.5. The van der Waals surface area contributed by atoms with Crippen LogP contribution in [0.3, 0.4) is 0 Å². The third-order valence-electron chi connectivity index (χ3n) is 5.07. The van der Waals surface area contributed by atoms with E-state index in [0.717, 1.165) is 6.42 Å². The van der Waals surface area contributed by atoms with Gasteiger partial charge < -0.3 is 5.32 Å². The predicted molar refractivity (Wildman–Crippen MR) is 78.6 cm³/mol. The molecule has 2 aliphatic rings. The fourth-order valence-electron chi connectivity index (χ4n) is 3.80. The van der Waals surface area contributed by atoms with Crippen LogP contribution in [0.15, 0.2) is 24.3 Å². The molecule has 4 heteroatoms. The van der Waals surface area contributed by atoms with Crippen LogP contribution in [-0.2, 0) is 9.59 Å². The summed E-state index contributed by atoms with van der Waals surface area (Å²) in [5.41, 5.74) is -0.543. The first-order valence-electron chi connectivity index (χ1n) is 6.98. The SMILES string of the molecule is CC1(C)C(=O)[C@@]2(C(=O)Nc3cccc(Cl)c3)CC[C@@H]1C2.